The molecule has 4 nitrogen and oxygen atoms in total. The van der Waals surface area contributed by atoms with Crippen LogP contribution in [0.1, 0.15) is 35.7 Å². The number of aliphatic hydroxyl groups excluding tert-OH is 1. The van der Waals surface area contributed by atoms with Crippen molar-refractivity contribution in [3.63, 3.8) is 0 Å². The molecule has 0 aliphatic heterocycles. The van der Waals surface area contributed by atoms with Crippen molar-refractivity contribution in [2.24, 2.45) is 0 Å². The van der Waals surface area contributed by atoms with Crippen LogP contribution in [0.2, 0.25) is 0 Å². The van der Waals surface area contributed by atoms with E-state index in [4.69, 9.17) is 10.2 Å². The van der Waals surface area contributed by atoms with Gasteiger partial charge < -0.3 is 15.5 Å². The van der Waals surface area contributed by atoms with Crippen molar-refractivity contribution in [1.29, 1.82) is 0 Å². The third-order valence-electron chi connectivity index (χ3n) is 2.74. The van der Waals surface area contributed by atoms with E-state index in [1.165, 1.54) is 0 Å². The molecule has 0 bridgehead atoms. The van der Waals surface area contributed by atoms with Crippen LogP contribution in [0, 0.1) is 0 Å². The minimum atomic E-state index is -0.925. The molecule has 0 radical (unpaired) electrons. The number of rotatable bonds is 7. The first-order chi connectivity index (χ1) is 8.54. The monoisotopic (exact) mass is 315 g/mol. The van der Waals surface area contributed by atoms with Gasteiger partial charge in [-0.25, -0.2) is 4.79 Å². The summed E-state index contributed by atoms with van der Waals surface area (Å²) in [5, 5.41) is 20.9. The van der Waals surface area contributed by atoms with E-state index in [1.807, 2.05) is 0 Å². The molecule has 0 aliphatic carbocycles. The second-order valence-corrected chi connectivity index (χ2v) is 5.11. The molecule has 3 N–H and O–H groups in total. The van der Waals surface area contributed by atoms with Crippen molar-refractivity contribution in [3.05, 3.63) is 33.8 Å². The normalized spacial score (nSPS) is 12.4. The molecule has 0 spiro atoms. The van der Waals surface area contributed by atoms with Gasteiger partial charge in [-0.2, -0.15) is 0 Å². The molecule has 100 valence electrons. The molecule has 0 saturated carbocycles. The van der Waals surface area contributed by atoms with Gasteiger partial charge in [0.05, 0.1) is 5.56 Å². The number of nitrogens with one attached hydrogen (secondary N) is 1. The number of carboxylic acids is 1. The summed E-state index contributed by atoms with van der Waals surface area (Å²) in [6, 6.07) is 5.34. The Hall–Kier alpha value is -0.910. The smallest absolute Gasteiger partial charge is 0.335 e. The molecule has 0 fully saturated rings. The number of aliphatic hydroxyl groups is 1. The number of aromatic carboxylic acids is 1. The minimum absolute atomic E-state index is 0.211. The second kappa shape index (κ2) is 7.51. The Morgan fingerprint density at radius 1 is 1.50 bits per heavy atom. The Kier molecular flexibility index (Phi) is 6.32. The zero-order valence-corrected chi connectivity index (χ0v) is 11.9. The van der Waals surface area contributed by atoms with E-state index in [-0.39, 0.29) is 12.2 Å². The maximum atomic E-state index is 10.8. The molecule has 0 amide bonds. The molecule has 0 saturated heterocycles. The summed E-state index contributed by atoms with van der Waals surface area (Å²) in [6.07, 6.45) is 1.70. The maximum absolute atomic E-state index is 10.8. The number of halogens is 1. The first kappa shape index (κ1) is 15.1. The Bertz CT molecular complexity index is 409. The van der Waals surface area contributed by atoms with Crippen LogP contribution in [0.15, 0.2) is 22.7 Å². The maximum Gasteiger partial charge on any atom is 0.335 e. The molecule has 1 unspecified atom stereocenters. The lowest BCUT2D eigenvalue weighted by Gasteiger charge is -2.14. The fraction of sp³-hybridized carbons (Fsp3) is 0.462. The first-order valence-corrected chi connectivity index (χ1v) is 6.70. The number of benzene rings is 1. The summed E-state index contributed by atoms with van der Waals surface area (Å²) < 4.78 is 0.796. The zero-order valence-electron chi connectivity index (χ0n) is 10.3. The summed E-state index contributed by atoms with van der Waals surface area (Å²) >= 11 is 3.37. The molecule has 18 heavy (non-hydrogen) atoms. The van der Waals surface area contributed by atoms with Crippen LogP contribution in [0.25, 0.3) is 0 Å². The van der Waals surface area contributed by atoms with Crippen molar-refractivity contribution >= 4 is 21.9 Å². The van der Waals surface area contributed by atoms with Gasteiger partial charge in [-0.1, -0.05) is 22.0 Å². The largest absolute Gasteiger partial charge is 0.478 e. The lowest BCUT2D eigenvalue weighted by atomic mass is 10.1. The van der Waals surface area contributed by atoms with Crippen molar-refractivity contribution in [2.75, 3.05) is 6.61 Å². The fourth-order valence-corrected chi connectivity index (χ4v) is 2.13. The van der Waals surface area contributed by atoms with E-state index in [0.29, 0.717) is 12.6 Å². The molecular formula is C13H18BrNO3. The van der Waals surface area contributed by atoms with Gasteiger partial charge in [0, 0.05) is 23.7 Å². The van der Waals surface area contributed by atoms with E-state index in [1.54, 1.807) is 18.2 Å². The third kappa shape index (κ3) is 4.76. The van der Waals surface area contributed by atoms with Crippen LogP contribution in [-0.4, -0.2) is 28.8 Å². The lowest BCUT2D eigenvalue weighted by molar-refractivity contribution is 0.0697. The van der Waals surface area contributed by atoms with Crippen LogP contribution in [0.5, 0.6) is 0 Å². The molecule has 5 heteroatoms. The summed E-state index contributed by atoms with van der Waals surface area (Å²) in [6.45, 7) is 2.95. The van der Waals surface area contributed by atoms with Crippen molar-refractivity contribution in [3.8, 4) is 0 Å². The highest BCUT2D eigenvalue weighted by Crippen LogP contribution is 2.19. The SMILES string of the molecule is CC(CCCO)NCc1ccc(C(=O)O)cc1Br. The van der Waals surface area contributed by atoms with Gasteiger partial charge in [-0.15, -0.1) is 0 Å². The first-order valence-electron chi connectivity index (χ1n) is 5.90. The van der Waals surface area contributed by atoms with E-state index in [0.717, 1.165) is 22.9 Å². The number of hydrogen-bond donors (Lipinski definition) is 3. The second-order valence-electron chi connectivity index (χ2n) is 4.26. The summed E-state index contributed by atoms with van der Waals surface area (Å²) in [7, 11) is 0. The lowest BCUT2D eigenvalue weighted by Crippen LogP contribution is -2.25. The van der Waals surface area contributed by atoms with E-state index >= 15 is 0 Å². The molecule has 0 aliphatic rings. The van der Waals surface area contributed by atoms with E-state index in [2.05, 4.69) is 28.2 Å². The van der Waals surface area contributed by atoms with Crippen LogP contribution < -0.4 is 5.32 Å². The molecular weight excluding hydrogens is 298 g/mol. The topological polar surface area (TPSA) is 69.6 Å². The van der Waals surface area contributed by atoms with Crippen LogP contribution >= 0.6 is 15.9 Å². The van der Waals surface area contributed by atoms with Gasteiger partial charge in [0.1, 0.15) is 0 Å². The van der Waals surface area contributed by atoms with Gasteiger partial charge in [-0.05, 0) is 37.5 Å². The van der Waals surface area contributed by atoms with Crippen molar-refractivity contribution in [1.82, 2.24) is 5.32 Å². The standard InChI is InChI=1S/C13H18BrNO3/c1-9(3-2-6-16)15-8-11-5-4-10(13(17)18)7-12(11)14/h4-5,7,9,15-16H,2-3,6,8H2,1H3,(H,17,18). The highest BCUT2D eigenvalue weighted by molar-refractivity contribution is 9.10. The average molecular weight is 316 g/mol. The zero-order chi connectivity index (χ0) is 13.5. The highest BCUT2D eigenvalue weighted by Gasteiger charge is 2.07. The Morgan fingerprint density at radius 3 is 2.78 bits per heavy atom. The predicted molar refractivity (Wildman–Crippen MR) is 73.7 cm³/mol. The minimum Gasteiger partial charge on any atom is -0.478 e. The molecule has 1 aromatic carbocycles. The third-order valence-corrected chi connectivity index (χ3v) is 3.47. The number of carbonyl (C=O) groups is 1. The quantitative estimate of drug-likeness (QED) is 0.722. The molecule has 1 aromatic rings. The molecule has 0 heterocycles. The van der Waals surface area contributed by atoms with Gasteiger partial charge in [0.2, 0.25) is 0 Å². The van der Waals surface area contributed by atoms with Gasteiger partial charge in [0.25, 0.3) is 0 Å². The number of hydrogen-bond acceptors (Lipinski definition) is 3. The van der Waals surface area contributed by atoms with E-state index < -0.39 is 5.97 Å². The Balaban J connectivity index is 2.55. The predicted octanol–water partition coefficient (Wildman–Crippen LogP) is 2.40. The van der Waals surface area contributed by atoms with E-state index in [9.17, 15) is 4.79 Å². The van der Waals surface area contributed by atoms with Crippen molar-refractivity contribution < 1.29 is 15.0 Å². The summed E-state index contributed by atoms with van der Waals surface area (Å²) in [5.74, 6) is -0.925. The van der Waals surface area contributed by atoms with Crippen LogP contribution in [0.3, 0.4) is 0 Å². The summed E-state index contributed by atoms with van der Waals surface area (Å²) in [5.41, 5.74) is 1.30. The summed E-state index contributed by atoms with van der Waals surface area (Å²) in [4.78, 5) is 10.8. The Labute approximate surface area is 115 Å². The van der Waals surface area contributed by atoms with Gasteiger partial charge in [0.15, 0.2) is 0 Å². The van der Waals surface area contributed by atoms with Gasteiger partial charge >= 0.3 is 5.97 Å². The average Bonchev–Trinajstić information content (AvgIpc) is 2.34. The molecule has 0 aromatic heterocycles. The fourth-order valence-electron chi connectivity index (χ4n) is 1.61. The highest BCUT2D eigenvalue weighted by atomic mass is 79.9. The number of carboxylic acid groups (broad SMARTS) is 1. The van der Waals surface area contributed by atoms with Crippen LogP contribution in [-0.2, 0) is 6.54 Å². The Morgan fingerprint density at radius 2 is 2.22 bits per heavy atom. The van der Waals surface area contributed by atoms with Crippen LogP contribution in [0.4, 0.5) is 0 Å². The molecule has 1 atom stereocenters. The van der Waals surface area contributed by atoms with Crippen molar-refractivity contribution in [2.45, 2.75) is 32.4 Å². The molecule has 1 rings (SSSR count). The van der Waals surface area contributed by atoms with Gasteiger partial charge in [-0.3, -0.25) is 0 Å².